The smallest absolute Gasteiger partial charge is 0.0996 e. The third kappa shape index (κ3) is 3.22. The van der Waals surface area contributed by atoms with Crippen LogP contribution in [0.3, 0.4) is 0 Å². The van der Waals surface area contributed by atoms with Gasteiger partial charge >= 0.3 is 0 Å². The van der Waals surface area contributed by atoms with Gasteiger partial charge in [-0.2, -0.15) is 5.10 Å². The predicted octanol–water partition coefficient (Wildman–Crippen LogP) is 4.16. The summed E-state index contributed by atoms with van der Waals surface area (Å²) in [5.74, 6) is 1.99. The maximum absolute atomic E-state index is 10.7. The molecule has 1 atom stereocenters. The van der Waals surface area contributed by atoms with E-state index in [1.807, 2.05) is 4.68 Å². The minimum atomic E-state index is -0.384. The Morgan fingerprint density at radius 3 is 2.42 bits per heavy atom. The van der Waals surface area contributed by atoms with Crippen molar-refractivity contribution in [1.29, 1.82) is 0 Å². The van der Waals surface area contributed by atoms with Gasteiger partial charge in [0.1, 0.15) is 0 Å². The van der Waals surface area contributed by atoms with Gasteiger partial charge in [0, 0.05) is 6.54 Å². The van der Waals surface area contributed by atoms with E-state index in [-0.39, 0.29) is 6.10 Å². The van der Waals surface area contributed by atoms with Gasteiger partial charge < -0.3 is 5.11 Å². The molecule has 0 spiro atoms. The van der Waals surface area contributed by atoms with Gasteiger partial charge in [0.15, 0.2) is 0 Å². The zero-order valence-electron chi connectivity index (χ0n) is 12.1. The quantitative estimate of drug-likeness (QED) is 0.901. The lowest BCUT2D eigenvalue weighted by molar-refractivity contribution is 0.0596. The largest absolute Gasteiger partial charge is 0.386 e. The SMILES string of the molecule is CCn1ncc(Br)c1C(O)C1CCC(C(C)C)CC1. The normalized spacial score (nSPS) is 25.8. The highest BCUT2D eigenvalue weighted by molar-refractivity contribution is 9.10. The van der Waals surface area contributed by atoms with Crippen molar-refractivity contribution in [1.82, 2.24) is 9.78 Å². The van der Waals surface area contributed by atoms with Gasteiger partial charge in [-0.05, 0) is 66.3 Å². The Balaban J connectivity index is 2.05. The van der Waals surface area contributed by atoms with Crippen LogP contribution in [0, 0.1) is 17.8 Å². The van der Waals surface area contributed by atoms with Crippen LogP contribution < -0.4 is 0 Å². The summed E-state index contributed by atoms with van der Waals surface area (Å²) in [5.41, 5.74) is 0.954. The molecule has 108 valence electrons. The maximum Gasteiger partial charge on any atom is 0.0996 e. The summed E-state index contributed by atoms with van der Waals surface area (Å²) in [6.07, 6.45) is 6.16. The van der Waals surface area contributed by atoms with Crippen LogP contribution in [0.25, 0.3) is 0 Å². The van der Waals surface area contributed by atoms with Crippen LogP contribution in [0.5, 0.6) is 0 Å². The fraction of sp³-hybridized carbons (Fsp3) is 0.800. The number of aliphatic hydroxyl groups excluding tert-OH is 1. The summed E-state index contributed by atoms with van der Waals surface area (Å²) in [6, 6.07) is 0. The molecule has 1 heterocycles. The lowest BCUT2D eigenvalue weighted by atomic mass is 9.75. The number of nitrogens with zero attached hydrogens (tertiary/aromatic N) is 2. The first-order valence-electron chi connectivity index (χ1n) is 7.43. The summed E-state index contributed by atoms with van der Waals surface area (Å²) in [4.78, 5) is 0. The number of halogens is 1. The monoisotopic (exact) mass is 328 g/mol. The van der Waals surface area contributed by atoms with E-state index in [1.165, 1.54) is 12.8 Å². The fourth-order valence-electron chi connectivity index (χ4n) is 3.27. The molecule has 1 unspecified atom stereocenters. The predicted molar refractivity (Wildman–Crippen MR) is 80.8 cm³/mol. The molecule has 0 aromatic carbocycles. The second-order valence-corrected chi connectivity index (χ2v) is 6.91. The number of hydrogen-bond acceptors (Lipinski definition) is 2. The molecule has 1 aromatic rings. The minimum Gasteiger partial charge on any atom is -0.386 e. The van der Waals surface area contributed by atoms with Crippen molar-refractivity contribution in [2.45, 2.75) is 59.1 Å². The van der Waals surface area contributed by atoms with Gasteiger partial charge in [-0.3, -0.25) is 4.68 Å². The van der Waals surface area contributed by atoms with Gasteiger partial charge in [-0.15, -0.1) is 0 Å². The summed E-state index contributed by atoms with van der Waals surface area (Å²) >= 11 is 3.52. The van der Waals surface area contributed by atoms with Crippen LogP contribution in [0.4, 0.5) is 0 Å². The lowest BCUT2D eigenvalue weighted by Gasteiger charge is -2.33. The molecule has 1 aliphatic rings. The molecule has 0 radical (unpaired) electrons. The van der Waals surface area contributed by atoms with Crippen LogP contribution in [-0.2, 0) is 6.54 Å². The van der Waals surface area contributed by atoms with E-state index >= 15 is 0 Å². The highest BCUT2D eigenvalue weighted by atomic mass is 79.9. The summed E-state index contributed by atoms with van der Waals surface area (Å²) in [6.45, 7) is 7.49. The van der Waals surface area contributed by atoms with Gasteiger partial charge in [0.2, 0.25) is 0 Å². The second kappa shape index (κ2) is 6.40. The number of hydrogen-bond donors (Lipinski definition) is 1. The Morgan fingerprint density at radius 1 is 1.32 bits per heavy atom. The molecule has 19 heavy (non-hydrogen) atoms. The summed E-state index contributed by atoms with van der Waals surface area (Å²) in [7, 11) is 0. The van der Waals surface area contributed by atoms with E-state index in [2.05, 4.69) is 41.8 Å². The third-order valence-corrected chi connectivity index (χ3v) is 5.23. The molecule has 2 rings (SSSR count). The minimum absolute atomic E-state index is 0.383. The topological polar surface area (TPSA) is 38.0 Å². The standard InChI is InChI=1S/C15H25BrN2O/c1-4-18-14(13(16)9-17-18)15(19)12-7-5-11(6-8-12)10(2)3/h9-12,15,19H,4-8H2,1-3H3. The second-order valence-electron chi connectivity index (χ2n) is 6.06. The molecule has 3 nitrogen and oxygen atoms in total. The highest BCUT2D eigenvalue weighted by Gasteiger charge is 2.31. The number of rotatable bonds is 4. The Labute approximate surface area is 124 Å². The summed E-state index contributed by atoms with van der Waals surface area (Å²) < 4.78 is 2.84. The van der Waals surface area contributed by atoms with Crippen molar-refractivity contribution >= 4 is 15.9 Å². The van der Waals surface area contributed by atoms with Crippen molar-refractivity contribution < 1.29 is 5.11 Å². The zero-order chi connectivity index (χ0) is 14.0. The molecule has 1 aliphatic carbocycles. The molecule has 1 saturated carbocycles. The molecule has 0 aliphatic heterocycles. The van der Waals surface area contributed by atoms with E-state index < -0.39 is 0 Å². The molecule has 1 fully saturated rings. The van der Waals surface area contributed by atoms with Crippen molar-refractivity contribution in [3.05, 3.63) is 16.4 Å². The van der Waals surface area contributed by atoms with Gasteiger partial charge in [-0.1, -0.05) is 13.8 Å². The van der Waals surface area contributed by atoms with Gasteiger partial charge in [0.25, 0.3) is 0 Å². The average Bonchev–Trinajstić information content (AvgIpc) is 2.79. The molecular formula is C15H25BrN2O. The van der Waals surface area contributed by atoms with Crippen LogP contribution in [0.15, 0.2) is 10.7 Å². The first kappa shape index (κ1) is 15.0. The Hall–Kier alpha value is -0.350. The molecular weight excluding hydrogens is 304 g/mol. The van der Waals surface area contributed by atoms with Crippen LogP contribution >= 0.6 is 15.9 Å². The van der Waals surface area contributed by atoms with Crippen molar-refractivity contribution in [3.8, 4) is 0 Å². The van der Waals surface area contributed by atoms with Crippen LogP contribution in [0.2, 0.25) is 0 Å². The molecule has 0 amide bonds. The number of aliphatic hydroxyl groups is 1. The highest BCUT2D eigenvalue weighted by Crippen LogP contribution is 2.40. The first-order chi connectivity index (χ1) is 9.04. The van der Waals surface area contributed by atoms with Crippen LogP contribution in [-0.4, -0.2) is 14.9 Å². The van der Waals surface area contributed by atoms with Gasteiger partial charge in [0.05, 0.1) is 22.5 Å². The zero-order valence-corrected chi connectivity index (χ0v) is 13.7. The average molecular weight is 329 g/mol. The van der Waals surface area contributed by atoms with E-state index in [0.717, 1.165) is 41.4 Å². The molecule has 1 N–H and O–H groups in total. The summed E-state index contributed by atoms with van der Waals surface area (Å²) in [5, 5.41) is 15.0. The fourth-order valence-corrected chi connectivity index (χ4v) is 3.80. The van der Waals surface area contributed by atoms with Crippen molar-refractivity contribution in [2.75, 3.05) is 0 Å². The van der Waals surface area contributed by atoms with Crippen molar-refractivity contribution in [3.63, 3.8) is 0 Å². The van der Waals surface area contributed by atoms with Gasteiger partial charge in [-0.25, -0.2) is 0 Å². The lowest BCUT2D eigenvalue weighted by Crippen LogP contribution is -2.24. The van der Waals surface area contributed by atoms with E-state index in [0.29, 0.717) is 5.92 Å². The Bertz CT molecular complexity index is 408. The molecule has 4 heteroatoms. The van der Waals surface area contributed by atoms with E-state index in [4.69, 9.17) is 0 Å². The third-order valence-electron chi connectivity index (χ3n) is 4.62. The Morgan fingerprint density at radius 2 is 1.89 bits per heavy atom. The first-order valence-corrected chi connectivity index (χ1v) is 8.23. The Kier molecular flexibility index (Phi) is 5.07. The number of aromatic nitrogens is 2. The molecule has 1 aromatic heterocycles. The number of aryl methyl sites for hydroxylation is 1. The van der Waals surface area contributed by atoms with Crippen LogP contribution in [0.1, 0.15) is 58.3 Å². The maximum atomic E-state index is 10.7. The van der Waals surface area contributed by atoms with Crippen molar-refractivity contribution in [2.24, 2.45) is 17.8 Å². The van der Waals surface area contributed by atoms with E-state index in [9.17, 15) is 5.11 Å². The van der Waals surface area contributed by atoms with E-state index in [1.54, 1.807) is 6.20 Å². The molecule has 0 bridgehead atoms. The molecule has 0 saturated heterocycles.